The van der Waals surface area contributed by atoms with Crippen molar-refractivity contribution in [2.45, 2.75) is 24.5 Å². The third kappa shape index (κ3) is 4.28. The number of carbonyl (C=O) groups excluding carboxylic acids is 1. The fraction of sp³-hybridized carbons (Fsp3) is 0.273. The van der Waals surface area contributed by atoms with Gasteiger partial charge in [-0.25, -0.2) is 0 Å². The average Bonchev–Trinajstić information content (AvgIpc) is 3.39. The van der Waals surface area contributed by atoms with Crippen molar-refractivity contribution >= 4 is 35.1 Å². The monoisotopic (exact) mass is 409 g/mol. The summed E-state index contributed by atoms with van der Waals surface area (Å²) in [6.07, 6.45) is 2.44. The molecule has 2 aromatic carbocycles. The predicted molar refractivity (Wildman–Crippen MR) is 119 cm³/mol. The number of hydrogen-bond acceptors (Lipinski definition) is 4. The van der Waals surface area contributed by atoms with E-state index in [9.17, 15) is 4.79 Å². The summed E-state index contributed by atoms with van der Waals surface area (Å²) >= 11 is 3.93. The molecule has 3 aromatic rings. The third-order valence-corrected chi connectivity index (χ3v) is 7.85. The van der Waals surface area contributed by atoms with Crippen LogP contribution in [0.4, 0.5) is 5.69 Å². The normalized spacial score (nSPS) is 14.3. The van der Waals surface area contributed by atoms with Crippen LogP contribution in [0.15, 0.2) is 60.8 Å². The Balaban J connectivity index is 1.51. The maximum Gasteiger partial charge on any atom is 0.259 e. The predicted octanol–water partition coefficient (Wildman–Crippen LogP) is 5.22. The number of rotatable bonds is 6. The van der Waals surface area contributed by atoms with Gasteiger partial charge in [0.25, 0.3) is 5.91 Å². The van der Waals surface area contributed by atoms with E-state index in [0.29, 0.717) is 16.7 Å². The summed E-state index contributed by atoms with van der Waals surface area (Å²) in [7, 11) is 0. The van der Waals surface area contributed by atoms with Crippen molar-refractivity contribution in [1.29, 1.82) is 0 Å². The van der Waals surface area contributed by atoms with Crippen LogP contribution in [0.3, 0.4) is 0 Å². The van der Waals surface area contributed by atoms with Gasteiger partial charge >= 0.3 is 0 Å². The van der Waals surface area contributed by atoms with Gasteiger partial charge in [-0.2, -0.15) is 5.10 Å². The van der Waals surface area contributed by atoms with Crippen LogP contribution < -0.4 is 5.32 Å². The number of amides is 1. The smallest absolute Gasteiger partial charge is 0.259 e. The maximum absolute atomic E-state index is 12.9. The van der Waals surface area contributed by atoms with Crippen molar-refractivity contribution in [3.05, 3.63) is 83.2 Å². The minimum Gasteiger partial charge on any atom is -0.322 e. The summed E-state index contributed by atoms with van der Waals surface area (Å²) in [6, 6.07) is 18.4. The van der Waals surface area contributed by atoms with Gasteiger partial charge in [0.2, 0.25) is 0 Å². The second kappa shape index (κ2) is 8.88. The molecule has 28 heavy (non-hydrogen) atoms. The van der Waals surface area contributed by atoms with Gasteiger partial charge in [0.1, 0.15) is 0 Å². The topological polar surface area (TPSA) is 46.9 Å². The molecule has 0 unspecified atom stereocenters. The molecular formula is C22H23N3OS2. The Morgan fingerprint density at radius 1 is 1.14 bits per heavy atom. The number of nitrogens with one attached hydrogen (secondary N) is 1. The molecule has 0 atom stereocenters. The van der Waals surface area contributed by atoms with E-state index >= 15 is 0 Å². The van der Waals surface area contributed by atoms with Crippen LogP contribution in [0, 0.1) is 0 Å². The molecule has 1 saturated heterocycles. The van der Waals surface area contributed by atoms with Crippen LogP contribution in [0.5, 0.6) is 0 Å². The van der Waals surface area contributed by atoms with Crippen LogP contribution in [0.25, 0.3) is 0 Å². The summed E-state index contributed by atoms with van der Waals surface area (Å²) in [5.74, 6) is 2.28. The summed E-state index contributed by atoms with van der Waals surface area (Å²) in [5, 5.41) is 7.54. The van der Waals surface area contributed by atoms with E-state index in [1.165, 1.54) is 22.6 Å². The van der Waals surface area contributed by atoms with E-state index in [4.69, 9.17) is 0 Å². The van der Waals surface area contributed by atoms with Gasteiger partial charge in [0.15, 0.2) is 0 Å². The number of nitrogens with zero attached hydrogens (tertiary/aromatic N) is 2. The average molecular weight is 410 g/mol. The molecule has 0 aliphatic carbocycles. The molecule has 1 fully saturated rings. The standard InChI is InChI=1S/C22H23N3OS2/c1-2-20-19(14-23-25(20)15-16-7-4-3-5-8-16)21(26)24-18-10-6-9-17(13-18)22-27-11-12-28-22/h3-10,13-14,22H,2,11-12,15H2,1H3,(H,24,26). The zero-order chi connectivity index (χ0) is 19.3. The molecule has 0 spiro atoms. The Bertz CT molecular complexity index is 949. The quantitative estimate of drug-likeness (QED) is 0.606. The van der Waals surface area contributed by atoms with Crippen LogP contribution in [-0.4, -0.2) is 27.2 Å². The first-order chi connectivity index (χ1) is 13.7. The highest BCUT2D eigenvalue weighted by Gasteiger charge is 2.20. The van der Waals surface area contributed by atoms with E-state index in [-0.39, 0.29) is 5.91 Å². The van der Waals surface area contributed by atoms with Crippen molar-refractivity contribution in [3.8, 4) is 0 Å². The Morgan fingerprint density at radius 3 is 2.68 bits per heavy atom. The van der Waals surface area contributed by atoms with Gasteiger partial charge in [-0.15, -0.1) is 23.5 Å². The van der Waals surface area contributed by atoms with Crippen molar-refractivity contribution < 1.29 is 4.79 Å². The number of benzene rings is 2. The zero-order valence-corrected chi connectivity index (χ0v) is 17.4. The van der Waals surface area contributed by atoms with Crippen molar-refractivity contribution in [3.63, 3.8) is 0 Å². The lowest BCUT2D eigenvalue weighted by Gasteiger charge is -2.12. The first kappa shape index (κ1) is 19.2. The van der Waals surface area contributed by atoms with Crippen LogP contribution >= 0.6 is 23.5 Å². The highest BCUT2D eigenvalue weighted by Crippen LogP contribution is 2.45. The molecule has 1 amide bonds. The van der Waals surface area contributed by atoms with E-state index in [1.807, 2.05) is 58.5 Å². The molecular weight excluding hydrogens is 386 g/mol. The highest BCUT2D eigenvalue weighted by atomic mass is 32.2. The van der Waals surface area contributed by atoms with Gasteiger partial charge in [-0.05, 0) is 29.7 Å². The lowest BCUT2D eigenvalue weighted by atomic mass is 10.1. The van der Waals surface area contributed by atoms with Gasteiger partial charge in [0.05, 0.1) is 28.6 Å². The molecule has 144 valence electrons. The van der Waals surface area contributed by atoms with Crippen LogP contribution in [-0.2, 0) is 13.0 Å². The second-order valence-electron chi connectivity index (χ2n) is 6.65. The van der Waals surface area contributed by atoms with Crippen molar-refractivity contribution in [2.75, 3.05) is 16.8 Å². The minimum absolute atomic E-state index is 0.0972. The largest absolute Gasteiger partial charge is 0.322 e. The first-order valence-corrected chi connectivity index (χ1v) is 11.6. The van der Waals surface area contributed by atoms with Crippen LogP contribution in [0.2, 0.25) is 0 Å². The molecule has 2 heterocycles. The van der Waals surface area contributed by atoms with Crippen molar-refractivity contribution in [2.24, 2.45) is 0 Å². The molecule has 1 N–H and O–H groups in total. The highest BCUT2D eigenvalue weighted by molar-refractivity contribution is 8.19. The summed E-state index contributed by atoms with van der Waals surface area (Å²) in [4.78, 5) is 12.9. The molecule has 1 aliphatic rings. The van der Waals surface area contributed by atoms with E-state index in [1.54, 1.807) is 6.20 Å². The summed E-state index contributed by atoms with van der Waals surface area (Å²) in [6.45, 7) is 2.73. The lowest BCUT2D eigenvalue weighted by Crippen LogP contribution is -2.15. The molecule has 4 nitrogen and oxygen atoms in total. The van der Waals surface area contributed by atoms with Gasteiger partial charge < -0.3 is 5.32 Å². The number of carbonyl (C=O) groups is 1. The Labute approximate surface area is 174 Å². The molecule has 1 aromatic heterocycles. The number of anilines is 1. The lowest BCUT2D eigenvalue weighted by molar-refractivity contribution is 0.102. The Hall–Kier alpha value is -2.18. The summed E-state index contributed by atoms with van der Waals surface area (Å²) < 4.78 is 2.39. The molecule has 0 bridgehead atoms. The first-order valence-electron chi connectivity index (χ1n) is 9.47. The fourth-order valence-electron chi connectivity index (χ4n) is 3.38. The molecule has 6 heteroatoms. The summed E-state index contributed by atoms with van der Waals surface area (Å²) in [5.41, 5.74) is 4.88. The van der Waals surface area contributed by atoms with Gasteiger partial charge in [-0.3, -0.25) is 9.48 Å². The fourth-order valence-corrected chi connectivity index (χ4v) is 6.22. The van der Waals surface area contributed by atoms with E-state index in [2.05, 4.69) is 41.6 Å². The Morgan fingerprint density at radius 2 is 1.93 bits per heavy atom. The van der Waals surface area contributed by atoms with Crippen LogP contribution in [0.1, 0.15) is 38.7 Å². The maximum atomic E-state index is 12.9. The van der Waals surface area contributed by atoms with Crippen molar-refractivity contribution in [1.82, 2.24) is 9.78 Å². The third-order valence-electron chi connectivity index (χ3n) is 4.74. The van der Waals surface area contributed by atoms with E-state index in [0.717, 1.165) is 17.8 Å². The molecule has 4 rings (SSSR count). The van der Waals surface area contributed by atoms with Gasteiger partial charge in [-0.1, -0.05) is 49.4 Å². The minimum atomic E-state index is -0.0972. The number of hydrogen-bond donors (Lipinski definition) is 1. The molecule has 1 aliphatic heterocycles. The number of aromatic nitrogens is 2. The SMILES string of the molecule is CCc1c(C(=O)Nc2cccc(C3SCCS3)c2)cnn1Cc1ccccc1. The second-order valence-corrected chi connectivity index (χ2v) is 9.38. The van der Waals surface area contributed by atoms with Gasteiger partial charge in [0, 0.05) is 17.2 Å². The number of thioether (sulfide) groups is 2. The molecule has 0 saturated carbocycles. The zero-order valence-electron chi connectivity index (χ0n) is 15.8. The molecule has 0 radical (unpaired) electrons. The van der Waals surface area contributed by atoms with E-state index < -0.39 is 0 Å². The Kier molecular flexibility index (Phi) is 6.07.